The Morgan fingerprint density at radius 2 is 1.82 bits per heavy atom. The molecule has 0 aliphatic heterocycles. The summed E-state index contributed by atoms with van der Waals surface area (Å²) >= 11 is 14.1. The molecule has 0 saturated heterocycles. The molecule has 148 valence electrons. The van der Waals surface area contributed by atoms with Crippen LogP contribution in [0.3, 0.4) is 0 Å². The van der Waals surface area contributed by atoms with Crippen molar-refractivity contribution in [2.24, 2.45) is 0 Å². The number of hydrogen-bond acceptors (Lipinski definition) is 7. The number of aromatic nitrogens is 1. The van der Waals surface area contributed by atoms with Gasteiger partial charge in [0.2, 0.25) is 0 Å². The third kappa shape index (κ3) is 5.42. The molecule has 2 aromatic carbocycles. The Morgan fingerprint density at radius 1 is 1.11 bits per heavy atom. The van der Waals surface area contributed by atoms with Gasteiger partial charge in [-0.25, -0.2) is 4.98 Å². The van der Waals surface area contributed by atoms with Gasteiger partial charge in [0, 0.05) is 23.4 Å². The van der Waals surface area contributed by atoms with Gasteiger partial charge in [-0.05, 0) is 30.7 Å². The minimum absolute atomic E-state index is 0.151. The molecular formula is C19H19Cl2N3O3S. The molecule has 0 unspecified atom stereocenters. The zero-order valence-electron chi connectivity index (χ0n) is 15.0. The Kier molecular flexibility index (Phi) is 7.25. The monoisotopic (exact) mass is 439 g/mol. The number of anilines is 2. The van der Waals surface area contributed by atoms with Gasteiger partial charge in [0.25, 0.3) is 0 Å². The quantitative estimate of drug-likeness (QED) is 0.393. The molecule has 6 nitrogen and oxygen atoms in total. The molecule has 1 aromatic heterocycles. The van der Waals surface area contributed by atoms with Gasteiger partial charge in [-0.15, -0.1) is 11.3 Å². The average molecular weight is 440 g/mol. The number of nitrogens with zero attached hydrogens (tertiary/aromatic N) is 2. The van der Waals surface area contributed by atoms with E-state index < -0.39 is 0 Å². The summed E-state index contributed by atoms with van der Waals surface area (Å²) in [6.07, 6.45) is 1.18. The summed E-state index contributed by atoms with van der Waals surface area (Å²) in [5, 5.41) is 22.3. The molecule has 0 fully saturated rings. The largest absolute Gasteiger partial charge is 0.353 e. The van der Waals surface area contributed by atoms with E-state index >= 15 is 0 Å². The van der Waals surface area contributed by atoms with E-state index in [0.29, 0.717) is 28.6 Å². The SMILES string of the molecule is Cc1nc(Cc2ccccc2Nc2c(Cl)cccc2Cl)sc1CCON(O)O. The summed E-state index contributed by atoms with van der Waals surface area (Å²) in [5.74, 6) is 0. The van der Waals surface area contributed by atoms with E-state index in [1.165, 1.54) is 0 Å². The first-order valence-corrected chi connectivity index (χ1v) is 10.1. The molecule has 28 heavy (non-hydrogen) atoms. The zero-order valence-corrected chi connectivity index (χ0v) is 17.4. The number of hydrogen-bond donors (Lipinski definition) is 3. The Labute approximate surface area is 176 Å². The lowest BCUT2D eigenvalue weighted by Crippen LogP contribution is -2.16. The fourth-order valence-electron chi connectivity index (χ4n) is 2.73. The second-order valence-electron chi connectivity index (χ2n) is 6.01. The molecule has 0 aliphatic carbocycles. The Morgan fingerprint density at radius 3 is 2.54 bits per heavy atom. The smallest absolute Gasteiger partial charge is 0.0975 e. The lowest BCUT2D eigenvalue weighted by Gasteiger charge is -2.14. The van der Waals surface area contributed by atoms with Crippen LogP contribution in [-0.2, 0) is 17.7 Å². The van der Waals surface area contributed by atoms with Gasteiger partial charge in [-0.1, -0.05) is 47.5 Å². The topological polar surface area (TPSA) is 77.9 Å². The predicted octanol–water partition coefficient (Wildman–Crippen LogP) is 5.65. The van der Waals surface area contributed by atoms with Crippen LogP contribution in [0.2, 0.25) is 10.0 Å². The maximum absolute atomic E-state index is 8.62. The van der Waals surface area contributed by atoms with Crippen molar-refractivity contribution in [3.05, 3.63) is 73.7 Å². The molecule has 0 spiro atoms. The number of para-hydroxylation sites is 2. The van der Waals surface area contributed by atoms with Gasteiger partial charge in [-0.2, -0.15) is 0 Å². The highest BCUT2D eigenvalue weighted by molar-refractivity contribution is 7.11. The van der Waals surface area contributed by atoms with Crippen LogP contribution in [0.1, 0.15) is 21.1 Å². The summed E-state index contributed by atoms with van der Waals surface area (Å²) < 4.78 is 0. The zero-order chi connectivity index (χ0) is 20.1. The van der Waals surface area contributed by atoms with Crippen LogP contribution in [0.4, 0.5) is 11.4 Å². The van der Waals surface area contributed by atoms with Crippen molar-refractivity contribution >= 4 is 45.9 Å². The maximum atomic E-state index is 8.62. The van der Waals surface area contributed by atoms with E-state index in [4.69, 9.17) is 33.6 Å². The number of aryl methyl sites for hydroxylation is 1. The molecule has 0 atom stereocenters. The molecule has 0 aliphatic rings. The van der Waals surface area contributed by atoms with Crippen molar-refractivity contribution in [1.29, 1.82) is 0 Å². The second-order valence-corrected chi connectivity index (χ2v) is 7.99. The molecule has 3 rings (SSSR count). The van der Waals surface area contributed by atoms with Crippen molar-refractivity contribution < 1.29 is 15.3 Å². The summed E-state index contributed by atoms with van der Waals surface area (Å²) in [4.78, 5) is 10.3. The minimum Gasteiger partial charge on any atom is -0.353 e. The van der Waals surface area contributed by atoms with Crippen LogP contribution in [0, 0.1) is 6.92 Å². The van der Waals surface area contributed by atoms with Crippen LogP contribution < -0.4 is 5.32 Å². The van der Waals surface area contributed by atoms with Crippen LogP contribution in [-0.4, -0.2) is 27.4 Å². The molecule has 0 amide bonds. The third-order valence-electron chi connectivity index (χ3n) is 4.05. The molecule has 9 heteroatoms. The Hall–Kier alpha value is -1.71. The normalized spacial score (nSPS) is 11.2. The van der Waals surface area contributed by atoms with E-state index in [1.54, 1.807) is 29.5 Å². The van der Waals surface area contributed by atoms with Crippen molar-refractivity contribution in [2.75, 3.05) is 11.9 Å². The number of benzene rings is 2. The van der Waals surface area contributed by atoms with E-state index in [9.17, 15) is 0 Å². The van der Waals surface area contributed by atoms with Crippen LogP contribution in [0.5, 0.6) is 0 Å². The Bertz CT molecular complexity index is 930. The number of nitrogens with one attached hydrogen (secondary N) is 1. The lowest BCUT2D eigenvalue weighted by atomic mass is 10.1. The summed E-state index contributed by atoms with van der Waals surface area (Å²) in [6, 6.07) is 13.3. The second kappa shape index (κ2) is 9.67. The molecule has 1 heterocycles. The lowest BCUT2D eigenvalue weighted by molar-refractivity contribution is -0.492. The summed E-state index contributed by atoms with van der Waals surface area (Å²) in [7, 11) is 0. The van der Waals surface area contributed by atoms with E-state index in [0.717, 1.165) is 26.8 Å². The van der Waals surface area contributed by atoms with E-state index in [-0.39, 0.29) is 12.0 Å². The van der Waals surface area contributed by atoms with Gasteiger partial charge in [0.1, 0.15) is 0 Å². The average Bonchev–Trinajstić information content (AvgIpc) is 2.99. The molecule has 0 saturated carbocycles. The minimum atomic E-state index is -0.279. The summed E-state index contributed by atoms with van der Waals surface area (Å²) in [6.45, 7) is 2.08. The Balaban J connectivity index is 1.77. The fourth-order valence-corrected chi connectivity index (χ4v) is 4.29. The first-order chi connectivity index (χ1) is 13.4. The van der Waals surface area contributed by atoms with Gasteiger partial charge in [0.05, 0.1) is 38.4 Å². The van der Waals surface area contributed by atoms with Crippen LogP contribution >= 0.6 is 34.5 Å². The number of rotatable bonds is 8. The number of halogens is 2. The summed E-state index contributed by atoms with van der Waals surface area (Å²) in [5.41, 5.74) is 3.55. The molecule has 3 N–H and O–H groups in total. The predicted molar refractivity (Wildman–Crippen MR) is 111 cm³/mol. The standard InChI is InChI=1S/C19H19Cl2N3O3S/c1-12-17(9-10-27-24(25)26)28-18(22-12)11-13-5-2-3-8-16(13)23-19-14(20)6-4-7-15(19)21/h2-8,23,25-26H,9-11H2,1H3. The van der Waals surface area contributed by atoms with Gasteiger partial charge < -0.3 is 5.32 Å². The van der Waals surface area contributed by atoms with Crippen molar-refractivity contribution in [3.8, 4) is 0 Å². The third-order valence-corrected chi connectivity index (χ3v) is 5.90. The highest BCUT2D eigenvalue weighted by atomic mass is 35.5. The van der Waals surface area contributed by atoms with Crippen LogP contribution in [0.25, 0.3) is 0 Å². The van der Waals surface area contributed by atoms with Crippen molar-refractivity contribution in [1.82, 2.24) is 10.4 Å². The first-order valence-electron chi connectivity index (χ1n) is 8.49. The molecule has 0 bridgehead atoms. The van der Waals surface area contributed by atoms with Gasteiger partial charge in [-0.3, -0.25) is 15.3 Å². The van der Waals surface area contributed by atoms with Gasteiger partial charge >= 0.3 is 0 Å². The van der Waals surface area contributed by atoms with E-state index in [2.05, 4.69) is 15.1 Å². The molecular weight excluding hydrogens is 421 g/mol. The number of thiazole rings is 1. The first kappa shape index (κ1) is 21.0. The highest BCUT2D eigenvalue weighted by Crippen LogP contribution is 2.34. The van der Waals surface area contributed by atoms with Crippen LogP contribution in [0.15, 0.2) is 42.5 Å². The maximum Gasteiger partial charge on any atom is 0.0975 e. The van der Waals surface area contributed by atoms with Crippen molar-refractivity contribution in [3.63, 3.8) is 0 Å². The van der Waals surface area contributed by atoms with E-state index in [1.807, 2.05) is 31.2 Å². The van der Waals surface area contributed by atoms with Gasteiger partial charge in [0.15, 0.2) is 0 Å². The molecule has 3 aromatic rings. The highest BCUT2D eigenvalue weighted by Gasteiger charge is 2.13. The van der Waals surface area contributed by atoms with Crippen molar-refractivity contribution in [2.45, 2.75) is 19.8 Å². The molecule has 0 radical (unpaired) electrons. The fraction of sp³-hybridized carbons (Fsp3) is 0.211.